The molecule has 2 aromatic carbocycles. The number of anilines is 2. The minimum Gasteiger partial charge on any atom is -0.479 e. The maximum absolute atomic E-state index is 13.3. The van der Waals surface area contributed by atoms with E-state index >= 15 is 0 Å². The first-order valence-corrected chi connectivity index (χ1v) is 12.3. The molecule has 0 saturated carbocycles. The van der Waals surface area contributed by atoms with Crippen LogP contribution in [0.4, 0.5) is 16.2 Å². The molecule has 1 atom stereocenters. The Bertz CT molecular complexity index is 1230. The van der Waals surface area contributed by atoms with Gasteiger partial charge in [0.1, 0.15) is 10.6 Å². The van der Waals surface area contributed by atoms with E-state index in [0.29, 0.717) is 5.69 Å². The number of ether oxygens (including phenoxy) is 1. The molecule has 0 spiro atoms. The van der Waals surface area contributed by atoms with Crippen LogP contribution < -0.4 is 15.4 Å². The van der Waals surface area contributed by atoms with Gasteiger partial charge in [-0.15, -0.1) is 0 Å². The summed E-state index contributed by atoms with van der Waals surface area (Å²) in [4.78, 5) is 26.0. The Labute approximate surface area is 197 Å². The summed E-state index contributed by atoms with van der Waals surface area (Å²) in [5.74, 6) is -0.0824. The maximum Gasteiger partial charge on any atom is 0.321 e. The average Bonchev–Trinajstić information content (AvgIpc) is 2.76. The molecule has 3 amide bonds. The SMILES string of the molecule is Cc1ccc(NC(=O)N2CCN(S(=O)(=O)c3cc4c(cc3Cl)NC(=O)C(C)O4)CC2)c(C)c1. The van der Waals surface area contributed by atoms with Crippen molar-refractivity contribution in [1.82, 2.24) is 9.21 Å². The number of hydrogen-bond acceptors (Lipinski definition) is 5. The Morgan fingerprint density at radius 3 is 2.52 bits per heavy atom. The molecular weight excluding hydrogens is 468 g/mol. The van der Waals surface area contributed by atoms with E-state index in [1.54, 1.807) is 11.8 Å². The minimum atomic E-state index is -3.93. The quantitative estimate of drug-likeness (QED) is 0.684. The third kappa shape index (κ3) is 4.64. The molecule has 0 aromatic heterocycles. The van der Waals surface area contributed by atoms with Crippen LogP contribution in [-0.2, 0) is 14.8 Å². The third-order valence-electron chi connectivity index (χ3n) is 5.73. The number of benzene rings is 2. The van der Waals surface area contributed by atoms with Crippen molar-refractivity contribution in [2.75, 3.05) is 36.8 Å². The second-order valence-corrected chi connectivity index (χ2v) is 10.5. The second kappa shape index (κ2) is 8.85. The van der Waals surface area contributed by atoms with Gasteiger partial charge >= 0.3 is 6.03 Å². The zero-order valence-corrected chi connectivity index (χ0v) is 20.1. The lowest BCUT2D eigenvalue weighted by Crippen LogP contribution is -2.51. The Morgan fingerprint density at radius 2 is 1.85 bits per heavy atom. The first kappa shape index (κ1) is 23.3. The van der Waals surface area contributed by atoms with E-state index in [1.165, 1.54) is 16.4 Å². The van der Waals surface area contributed by atoms with E-state index in [-0.39, 0.29) is 53.8 Å². The molecule has 2 heterocycles. The first-order valence-electron chi connectivity index (χ1n) is 10.5. The number of sulfonamides is 1. The number of hydrogen-bond donors (Lipinski definition) is 2. The van der Waals surface area contributed by atoms with Crippen LogP contribution in [0, 0.1) is 13.8 Å². The van der Waals surface area contributed by atoms with E-state index in [0.717, 1.165) is 16.8 Å². The molecular formula is C22H25ClN4O5S. The first-order chi connectivity index (χ1) is 15.6. The van der Waals surface area contributed by atoms with Gasteiger partial charge in [-0.3, -0.25) is 4.79 Å². The standard InChI is InChI=1S/C22H25ClN4O5S/c1-13-4-5-17(14(2)10-13)25-22(29)26-6-8-27(9-7-26)33(30,31)20-12-19-18(11-16(20)23)24-21(28)15(3)32-19/h4-5,10-12,15H,6-9H2,1-3H3,(H,24,28)(H,25,29). The highest BCUT2D eigenvalue weighted by Crippen LogP contribution is 2.38. The Kier molecular flexibility index (Phi) is 6.26. The van der Waals surface area contributed by atoms with Crippen LogP contribution in [0.5, 0.6) is 5.75 Å². The summed E-state index contributed by atoms with van der Waals surface area (Å²) in [7, 11) is -3.93. The van der Waals surface area contributed by atoms with Crippen molar-refractivity contribution in [3.63, 3.8) is 0 Å². The number of halogens is 1. The van der Waals surface area contributed by atoms with Gasteiger partial charge in [0.25, 0.3) is 5.91 Å². The van der Waals surface area contributed by atoms with Crippen molar-refractivity contribution in [2.24, 2.45) is 0 Å². The highest BCUT2D eigenvalue weighted by Gasteiger charge is 2.34. The third-order valence-corrected chi connectivity index (χ3v) is 8.10. The molecule has 1 saturated heterocycles. The van der Waals surface area contributed by atoms with Gasteiger partial charge < -0.3 is 20.3 Å². The van der Waals surface area contributed by atoms with Gasteiger partial charge in [-0.25, -0.2) is 13.2 Å². The number of nitrogens with zero attached hydrogens (tertiary/aromatic N) is 2. The van der Waals surface area contributed by atoms with Gasteiger partial charge in [0, 0.05) is 37.9 Å². The number of aryl methyl sites for hydroxylation is 2. The predicted molar refractivity (Wildman–Crippen MR) is 125 cm³/mol. The lowest BCUT2D eigenvalue weighted by Gasteiger charge is -2.34. The number of nitrogens with one attached hydrogen (secondary N) is 2. The largest absolute Gasteiger partial charge is 0.479 e. The number of rotatable bonds is 3. The van der Waals surface area contributed by atoms with Gasteiger partial charge in [0.05, 0.1) is 10.7 Å². The molecule has 1 unspecified atom stereocenters. The lowest BCUT2D eigenvalue weighted by molar-refractivity contribution is -0.122. The average molecular weight is 493 g/mol. The summed E-state index contributed by atoms with van der Waals surface area (Å²) >= 11 is 6.26. The highest BCUT2D eigenvalue weighted by molar-refractivity contribution is 7.89. The zero-order valence-electron chi connectivity index (χ0n) is 18.5. The number of piperazine rings is 1. The fraction of sp³-hybridized carbons (Fsp3) is 0.364. The van der Waals surface area contributed by atoms with E-state index in [2.05, 4.69) is 10.6 Å². The molecule has 2 N–H and O–H groups in total. The number of carbonyl (C=O) groups is 2. The van der Waals surface area contributed by atoms with Crippen LogP contribution >= 0.6 is 11.6 Å². The van der Waals surface area contributed by atoms with Crippen molar-refractivity contribution in [2.45, 2.75) is 31.8 Å². The van der Waals surface area contributed by atoms with E-state index in [9.17, 15) is 18.0 Å². The van der Waals surface area contributed by atoms with Crippen molar-refractivity contribution in [3.05, 3.63) is 46.5 Å². The molecule has 2 aromatic rings. The minimum absolute atomic E-state index is 0.0118. The fourth-order valence-corrected chi connectivity index (χ4v) is 5.76. The Morgan fingerprint density at radius 1 is 1.15 bits per heavy atom. The Balaban J connectivity index is 1.45. The number of carbonyl (C=O) groups excluding carboxylic acids is 2. The summed E-state index contributed by atoms with van der Waals surface area (Å²) in [5.41, 5.74) is 3.12. The fourth-order valence-electron chi connectivity index (χ4n) is 3.82. The molecule has 1 fully saturated rings. The Hall–Kier alpha value is -2.82. The van der Waals surface area contributed by atoms with Crippen LogP contribution in [0.25, 0.3) is 0 Å². The van der Waals surface area contributed by atoms with Crippen molar-refractivity contribution >= 4 is 44.9 Å². The molecule has 0 radical (unpaired) electrons. The summed E-state index contributed by atoms with van der Waals surface area (Å²) in [5, 5.41) is 5.52. The topological polar surface area (TPSA) is 108 Å². The van der Waals surface area contributed by atoms with Gasteiger partial charge in [0.2, 0.25) is 10.0 Å². The molecule has 9 nitrogen and oxygen atoms in total. The molecule has 176 valence electrons. The summed E-state index contributed by atoms with van der Waals surface area (Å²) in [6, 6.07) is 8.20. The molecule has 2 aliphatic rings. The maximum atomic E-state index is 13.3. The molecule has 0 aliphatic carbocycles. The van der Waals surface area contributed by atoms with Gasteiger partial charge in [0.15, 0.2) is 6.10 Å². The van der Waals surface area contributed by atoms with Crippen LogP contribution in [0.1, 0.15) is 18.1 Å². The van der Waals surface area contributed by atoms with Crippen molar-refractivity contribution in [1.29, 1.82) is 0 Å². The molecule has 33 heavy (non-hydrogen) atoms. The predicted octanol–water partition coefficient (Wildman–Crippen LogP) is 3.21. The lowest BCUT2D eigenvalue weighted by atomic mass is 10.1. The van der Waals surface area contributed by atoms with Crippen molar-refractivity contribution < 1.29 is 22.7 Å². The summed E-state index contributed by atoms with van der Waals surface area (Å²) in [6.07, 6.45) is -0.742. The monoisotopic (exact) mass is 492 g/mol. The molecule has 11 heteroatoms. The van der Waals surface area contributed by atoms with Gasteiger partial charge in [-0.1, -0.05) is 29.3 Å². The summed E-state index contributed by atoms with van der Waals surface area (Å²) in [6.45, 7) is 6.21. The van der Waals surface area contributed by atoms with E-state index in [4.69, 9.17) is 16.3 Å². The number of fused-ring (bicyclic) bond motifs is 1. The van der Waals surface area contributed by atoms with Gasteiger partial charge in [-0.05, 0) is 38.5 Å². The normalized spacial score (nSPS) is 18.8. The van der Waals surface area contributed by atoms with Crippen LogP contribution in [0.2, 0.25) is 5.02 Å². The van der Waals surface area contributed by atoms with Crippen molar-refractivity contribution in [3.8, 4) is 5.75 Å². The molecule has 0 bridgehead atoms. The van der Waals surface area contributed by atoms with Crippen LogP contribution in [0.3, 0.4) is 0 Å². The smallest absolute Gasteiger partial charge is 0.321 e. The van der Waals surface area contributed by atoms with Gasteiger partial charge in [-0.2, -0.15) is 4.31 Å². The molecule has 2 aliphatic heterocycles. The molecule has 4 rings (SSSR count). The van der Waals surface area contributed by atoms with E-state index < -0.39 is 16.1 Å². The number of amides is 3. The van der Waals surface area contributed by atoms with Crippen LogP contribution in [0.15, 0.2) is 35.2 Å². The number of urea groups is 1. The zero-order chi connectivity index (χ0) is 23.9. The second-order valence-electron chi connectivity index (χ2n) is 8.17. The summed E-state index contributed by atoms with van der Waals surface area (Å²) < 4.78 is 33.4. The highest BCUT2D eigenvalue weighted by atomic mass is 35.5. The van der Waals surface area contributed by atoms with Crippen LogP contribution in [-0.4, -0.2) is 61.8 Å². The van der Waals surface area contributed by atoms with E-state index in [1.807, 2.05) is 32.0 Å².